The maximum Gasteiger partial charge on any atom is 0.253 e. The Balaban J connectivity index is 1.93. The van der Waals surface area contributed by atoms with Gasteiger partial charge in [0.1, 0.15) is 5.78 Å². The van der Waals surface area contributed by atoms with Crippen LogP contribution in [0.5, 0.6) is 0 Å². The molecule has 0 N–H and O–H groups in total. The van der Waals surface area contributed by atoms with Gasteiger partial charge in [-0.15, -0.1) is 0 Å². The van der Waals surface area contributed by atoms with Crippen molar-refractivity contribution in [3.63, 3.8) is 0 Å². The summed E-state index contributed by atoms with van der Waals surface area (Å²) in [6.45, 7) is 6.44. The van der Waals surface area contributed by atoms with Crippen molar-refractivity contribution in [2.24, 2.45) is 0 Å². The van der Waals surface area contributed by atoms with Crippen molar-refractivity contribution >= 4 is 11.7 Å². The Morgan fingerprint density at radius 3 is 2.16 bits per heavy atom. The van der Waals surface area contributed by atoms with E-state index in [9.17, 15) is 9.59 Å². The fourth-order valence-corrected chi connectivity index (χ4v) is 2.33. The summed E-state index contributed by atoms with van der Waals surface area (Å²) in [6.07, 6.45) is 0. The molecule has 1 amide bonds. The molecule has 1 aromatic carbocycles. The number of ketones is 1. The van der Waals surface area contributed by atoms with E-state index in [0.29, 0.717) is 13.1 Å². The van der Waals surface area contributed by atoms with E-state index in [1.807, 2.05) is 42.2 Å². The molecule has 1 atom stereocenters. The maximum atomic E-state index is 12.3. The molecule has 1 aliphatic rings. The third-order valence-corrected chi connectivity index (χ3v) is 3.76. The summed E-state index contributed by atoms with van der Waals surface area (Å²) in [6, 6.07) is 9.29. The van der Waals surface area contributed by atoms with Gasteiger partial charge in [-0.25, -0.2) is 0 Å². The van der Waals surface area contributed by atoms with Crippen LogP contribution in [0.4, 0.5) is 0 Å². The van der Waals surface area contributed by atoms with Crippen molar-refractivity contribution in [2.75, 3.05) is 26.2 Å². The van der Waals surface area contributed by atoms with Crippen LogP contribution in [0.1, 0.15) is 24.2 Å². The number of hydrogen-bond acceptors (Lipinski definition) is 3. The largest absolute Gasteiger partial charge is 0.336 e. The molecule has 0 saturated carbocycles. The summed E-state index contributed by atoms with van der Waals surface area (Å²) in [5, 5.41) is 0. The van der Waals surface area contributed by atoms with Crippen molar-refractivity contribution < 1.29 is 9.59 Å². The molecule has 0 aromatic heterocycles. The van der Waals surface area contributed by atoms with Gasteiger partial charge in [0.25, 0.3) is 5.91 Å². The van der Waals surface area contributed by atoms with Gasteiger partial charge in [0, 0.05) is 31.7 Å². The van der Waals surface area contributed by atoms with Crippen LogP contribution in [0.15, 0.2) is 30.3 Å². The highest BCUT2D eigenvalue weighted by atomic mass is 16.2. The first-order chi connectivity index (χ1) is 9.09. The molecule has 2 rings (SSSR count). The van der Waals surface area contributed by atoms with E-state index in [1.165, 1.54) is 0 Å². The zero-order valence-electron chi connectivity index (χ0n) is 11.5. The molecule has 1 aliphatic heterocycles. The van der Waals surface area contributed by atoms with E-state index in [0.717, 1.165) is 18.7 Å². The molecule has 1 heterocycles. The molecule has 1 fully saturated rings. The van der Waals surface area contributed by atoms with Crippen LogP contribution < -0.4 is 0 Å². The van der Waals surface area contributed by atoms with Crippen LogP contribution in [0.25, 0.3) is 0 Å². The predicted molar refractivity (Wildman–Crippen MR) is 74.1 cm³/mol. The molecule has 1 unspecified atom stereocenters. The molecular formula is C15H20N2O2. The average molecular weight is 260 g/mol. The van der Waals surface area contributed by atoms with E-state index in [1.54, 1.807) is 6.92 Å². The van der Waals surface area contributed by atoms with E-state index < -0.39 is 0 Å². The van der Waals surface area contributed by atoms with E-state index in [2.05, 4.69) is 4.90 Å². The standard InChI is InChI=1S/C15H20N2O2/c1-12(13(2)18)16-8-10-17(11-9-16)15(19)14-6-4-3-5-7-14/h3-7,12H,8-11H2,1-2H3. The number of carbonyl (C=O) groups is 2. The lowest BCUT2D eigenvalue weighted by atomic mass is 10.1. The highest BCUT2D eigenvalue weighted by Crippen LogP contribution is 2.11. The number of carbonyl (C=O) groups excluding carboxylic acids is 2. The van der Waals surface area contributed by atoms with Crippen molar-refractivity contribution in [3.05, 3.63) is 35.9 Å². The third kappa shape index (κ3) is 3.20. The minimum absolute atomic E-state index is 0.0472. The SMILES string of the molecule is CC(=O)C(C)N1CCN(C(=O)c2ccccc2)CC1. The molecule has 0 radical (unpaired) electrons. The number of hydrogen-bond donors (Lipinski definition) is 0. The van der Waals surface area contributed by atoms with E-state index in [-0.39, 0.29) is 17.7 Å². The first-order valence-corrected chi connectivity index (χ1v) is 6.68. The molecule has 0 aliphatic carbocycles. The second-order valence-corrected chi connectivity index (χ2v) is 4.98. The van der Waals surface area contributed by atoms with Crippen LogP contribution >= 0.6 is 0 Å². The Kier molecular flexibility index (Phi) is 4.32. The number of nitrogens with zero attached hydrogens (tertiary/aromatic N) is 2. The Hall–Kier alpha value is -1.68. The van der Waals surface area contributed by atoms with Crippen LogP contribution in [0, 0.1) is 0 Å². The number of rotatable bonds is 3. The van der Waals surface area contributed by atoms with Crippen LogP contribution in [-0.2, 0) is 4.79 Å². The average Bonchev–Trinajstić information content (AvgIpc) is 2.46. The summed E-state index contributed by atoms with van der Waals surface area (Å²) < 4.78 is 0. The number of benzene rings is 1. The fourth-order valence-electron chi connectivity index (χ4n) is 2.33. The Bertz CT molecular complexity index is 450. The molecule has 1 aromatic rings. The quantitative estimate of drug-likeness (QED) is 0.825. The first-order valence-electron chi connectivity index (χ1n) is 6.68. The molecule has 19 heavy (non-hydrogen) atoms. The molecule has 0 spiro atoms. The Labute approximate surface area is 114 Å². The minimum atomic E-state index is -0.0472. The lowest BCUT2D eigenvalue weighted by Crippen LogP contribution is -2.52. The highest BCUT2D eigenvalue weighted by molar-refractivity contribution is 5.94. The second kappa shape index (κ2) is 5.97. The van der Waals surface area contributed by atoms with Gasteiger partial charge in [-0.2, -0.15) is 0 Å². The van der Waals surface area contributed by atoms with Crippen LogP contribution in [0.2, 0.25) is 0 Å². The monoisotopic (exact) mass is 260 g/mol. The minimum Gasteiger partial charge on any atom is -0.336 e. The van der Waals surface area contributed by atoms with Gasteiger partial charge in [-0.3, -0.25) is 14.5 Å². The smallest absolute Gasteiger partial charge is 0.253 e. The summed E-state index contributed by atoms with van der Waals surface area (Å²) in [5.41, 5.74) is 0.732. The van der Waals surface area contributed by atoms with Crippen molar-refractivity contribution in [1.29, 1.82) is 0 Å². The molecule has 4 nitrogen and oxygen atoms in total. The van der Waals surface area contributed by atoms with Gasteiger partial charge < -0.3 is 4.90 Å². The molecule has 102 valence electrons. The topological polar surface area (TPSA) is 40.6 Å². The number of Topliss-reactive ketones (excluding diaryl/α,β-unsaturated/α-hetero) is 1. The zero-order chi connectivity index (χ0) is 13.8. The predicted octanol–water partition coefficient (Wildman–Crippen LogP) is 1.42. The first kappa shape index (κ1) is 13.7. The molecular weight excluding hydrogens is 240 g/mol. The van der Waals surface area contributed by atoms with E-state index >= 15 is 0 Å². The number of piperazine rings is 1. The normalized spacial score (nSPS) is 18.1. The van der Waals surface area contributed by atoms with Gasteiger partial charge >= 0.3 is 0 Å². The fraction of sp³-hybridized carbons (Fsp3) is 0.467. The van der Waals surface area contributed by atoms with Gasteiger partial charge in [-0.1, -0.05) is 18.2 Å². The number of amides is 1. The lowest BCUT2D eigenvalue weighted by Gasteiger charge is -2.37. The van der Waals surface area contributed by atoms with Crippen LogP contribution in [-0.4, -0.2) is 53.7 Å². The molecule has 4 heteroatoms. The van der Waals surface area contributed by atoms with Gasteiger partial charge in [-0.05, 0) is 26.0 Å². The van der Waals surface area contributed by atoms with Crippen LogP contribution in [0.3, 0.4) is 0 Å². The summed E-state index contributed by atoms with van der Waals surface area (Å²) in [4.78, 5) is 27.6. The Morgan fingerprint density at radius 1 is 1.05 bits per heavy atom. The van der Waals surface area contributed by atoms with Crippen molar-refractivity contribution in [1.82, 2.24) is 9.80 Å². The highest BCUT2D eigenvalue weighted by Gasteiger charge is 2.26. The molecule has 0 bridgehead atoms. The summed E-state index contributed by atoms with van der Waals surface area (Å²) >= 11 is 0. The van der Waals surface area contributed by atoms with Crippen molar-refractivity contribution in [2.45, 2.75) is 19.9 Å². The summed E-state index contributed by atoms with van der Waals surface area (Å²) in [7, 11) is 0. The lowest BCUT2D eigenvalue weighted by molar-refractivity contribution is -0.122. The van der Waals surface area contributed by atoms with Gasteiger partial charge in [0.15, 0.2) is 0 Å². The third-order valence-electron chi connectivity index (χ3n) is 3.76. The van der Waals surface area contributed by atoms with E-state index in [4.69, 9.17) is 0 Å². The second-order valence-electron chi connectivity index (χ2n) is 4.98. The molecule has 1 saturated heterocycles. The van der Waals surface area contributed by atoms with Crippen molar-refractivity contribution in [3.8, 4) is 0 Å². The Morgan fingerprint density at radius 2 is 1.63 bits per heavy atom. The maximum absolute atomic E-state index is 12.3. The summed E-state index contributed by atoms with van der Waals surface area (Å²) in [5.74, 6) is 0.263. The van der Waals surface area contributed by atoms with Gasteiger partial charge in [0.2, 0.25) is 0 Å². The van der Waals surface area contributed by atoms with Gasteiger partial charge in [0.05, 0.1) is 6.04 Å². The zero-order valence-corrected chi connectivity index (χ0v) is 11.5.